The predicted molar refractivity (Wildman–Crippen MR) is 77.2 cm³/mol. The van der Waals surface area contributed by atoms with E-state index in [2.05, 4.69) is 4.98 Å². The van der Waals surface area contributed by atoms with Gasteiger partial charge in [-0.1, -0.05) is 6.07 Å². The molecule has 1 saturated heterocycles. The summed E-state index contributed by atoms with van der Waals surface area (Å²) < 4.78 is 27.0. The SMILES string of the molecule is O=S(=O)(c1cccs1)N1CCC[C@H](c2nccs2)C1. The zero-order valence-electron chi connectivity index (χ0n) is 10.2. The molecule has 0 aromatic carbocycles. The van der Waals surface area contributed by atoms with Gasteiger partial charge in [0.05, 0.1) is 5.01 Å². The van der Waals surface area contributed by atoms with Crippen LogP contribution in [0.25, 0.3) is 0 Å². The molecule has 0 amide bonds. The molecule has 19 heavy (non-hydrogen) atoms. The van der Waals surface area contributed by atoms with E-state index in [1.54, 1.807) is 39.4 Å². The molecule has 1 aliphatic heterocycles. The molecule has 1 fully saturated rings. The summed E-state index contributed by atoms with van der Waals surface area (Å²) in [7, 11) is -3.31. The van der Waals surface area contributed by atoms with Gasteiger partial charge in [-0.25, -0.2) is 13.4 Å². The second kappa shape index (κ2) is 5.32. The predicted octanol–water partition coefficient (Wildman–Crippen LogP) is 2.77. The number of aromatic nitrogens is 1. The molecular formula is C12H14N2O2S3. The van der Waals surface area contributed by atoms with Crippen LogP contribution in [0.2, 0.25) is 0 Å². The van der Waals surface area contributed by atoms with Crippen LogP contribution in [0, 0.1) is 0 Å². The van der Waals surface area contributed by atoms with E-state index in [9.17, 15) is 8.42 Å². The number of thiazole rings is 1. The fourth-order valence-electron chi connectivity index (χ4n) is 2.34. The summed E-state index contributed by atoms with van der Waals surface area (Å²) in [6.07, 6.45) is 3.70. The summed E-state index contributed by atoms with van der Waals surface area (Å²) in [5.74, 6) is 0.239. The lowest BCUT2D eigenvalue weighted by molar-refractivity contribution is 0.316. The minimum Gasteiger partial charge on any atom is -0.249 e. The fourth-order valence-corrected chi connectivity index (χ4v) is 5.77. The van der Waals surface area contributed by atoms with Gasteiger partial charge < -0.3 is 0 Å². The first-order chi connectivity index (χ1) is 9.18. The van der Waals surface area contributed by atoms with Crippen LogP contribution in [0.3, 0.4) is 0 Å². The number of hydrogen-bond acceptors (Lipinski definition) is 5. The summed E-state index contributed by atoms with van der Waals surface area (Å²) in [6, 6.07) is 3.45. The summed E-state index contributed by atoms with van der Waals surface area (Å²) >= 11 is 2.89. The summed E-state index contributed by atoms with van der Waals surface area (Å²) in [6.45, 7) is 1.16. The number of nitrogens with zero attached hydrogens (tertiary/aromatic N) is 2. The maximum absolute atomic E-state index is 12.5. The average Bonchev–Trinajstić information content (AvgIpc) is 3.12. The summed E-state index contributed by atoms with van der Waals surface area (Å²) in [4.78, 5) is 4.32. The Morgan fingerprint density at radius 3 is 2.89 bits per heavy atom. The Morgan fingerprint density at radius 2 is 2.21 bits per heavy atom. The topological polar surface area (TPSA) is 50.3 Å². The van der Waals surface area contributed by atoms with Gasteiger partial charge in [-0.15, -0.1) is 22.7 Å². The average molecular weight is 314 g/mol. The van der Waals surface area contributed by atoms with Gasteiger partial charge in [0.2, 0.25) is 0 Å². The Bertz CT molecular complexity index is 620. The van der Waals surface area contributed by atoms with Crippen molar-refractivity contribution in [1.29, 1.82) is 0 Å². The second-order valence-electron chi connectivity index (χ2n) is 4.50. The van der Waals surface area contributed by atoms with Gasteiger partial charge in [0, 0.05) is 30.6 Å². The van der Waals surface area contributed by atoms with Crippen LogP contribution in [0.4, 0.5) is 0 Å². The second-order valence-corrected chi connectivity index (χ2v) is 8.54. The molecule has 1 aliphatic rings. The standard InChI is InChI=1S/C12H14N2O2S3/c15-19(16,11-4-2-7-17-11)14-6-1-3-10(9-14)12-13-5-8-18-12/h2,4-5,7-8,10H,1,3,6,9H2/t10-/m0/s1. The zero-order valence-corrected chi connectivity index (χ0v) is 12.7. The van der Waals surface area contributed by atoms with Crippen LogP contribution in [0.15, 0.2) is 33.3 Å². The minimum absolute atomic E-state index is 0.239. The number of rotatable bonds is 3. The highest BCUT2D eigenvalue weighted by Crippen LogP contribution is 2.32. The van der Waals surface area contributed by atoms with E-state index in [1.165, 1.54) is 11.3 Å². The molecule has 0 unspecified atom stereocenters. The van der Waals surface area contributed by atoms with Gasteiger partial charge >= 0.3 is 0 Å². The lowest BCUT2D eigenvalue weighted by atomic mass is 10.0. The highest BCUT2D eigenvalue weighted by molar-refractivity contribution is 7.91. The van der Waals surface area contributed by atoms with Gasteiger partial charge in [-0.2, -0.15) is 4.31 Å². The molecule has 102 valence electrons. The van der Waals surface area contributed by atoms with Crippen molar-refractivity contribution in [3.05, 3.63) is 34.1 Å². The maximum Gasteiger partial charge on any atom is 0.252 e. The van der Waals surface area contributed by atoms with Gasteiger partial charge in [0.1, 0.15) is 4.21 Å². The Kier molecular flexibility index (Phi) is 3.70. The molecule has 0 spiro atoms. The van der Waals surface area contributed by atoms with Crippen LogP contribution in [0.5, 0.6) is 0 Å². The van der Waals surface area contributed by atoms with Crippen LogP contribution >= 0.6 is 22.7 Å². The van der Waals surface area contributed by atoms with Crippen LogP contribution in [-0.2, 0) is 10.0 Å². The molecule has 0 N–H and O–H groups in total. The Labute approximate surface area is 120 Å². The molecule has 3 rings (SSSR count). The first-order valence-corrected chi connectivity index (χ1v) is 9.31. The lowest BCUT2D eigenvalue weighted by Gasteiger charge is -2.30. The van der Waals surface area contributed by atoms with Crippen molar-refractivity contribution in [2.24, 2.45) is 0 Å². The molecule has 7 heteroatoms. The zero-order chi connectivity index (χ0) is 13.3. The van der Waals surface area contributed by atoms with Gasteiger partial charge in [-0.3, -0.25) is 0 Å². The number of sulfonamides is 1. The molecule has 3 heterocycles. The summed E-state index contributed by atoms with van der Waals surface area (Å²) in [5, 5.41) is 4.79. The highest BCUT2D eigenvalue weighted by Gasteiger charge is 2.32. The maximum atomic E-state index is 12.5. The number of hydrogen-bond donors (Lipinski definition) is 0. The van der Waals surface area contributed by atoms with Crippen molar-refractivity contribution >= 4 is 32.7 Å². The lowest BCUT2D eigenvalue weighted by Crippen LogP contribution is -2.38. The number of piperidine rings is 1. The molecule has 0 bridgehead atoms. The quantitative estimate of drug-likeness (QED) is 0.875. The third-order valence-electron chi connectivity index (χ3n) is 3.27. The van der Waals surface area contributed by atoms with Crippen LogP contribution in [0.1, 0.15) is 23.8 Å². The van der Waals surface area contributed by atoms with Crippen molar-refractivity contribution in [2.45, 2.75) is 23.0 Å². The van der Waals surface area contributed by atoms with E-state index >= 15 is 0 Å². The Hall–Kier alpha value is -0.760. The monoisotopic (exact) mass is 314 g/mol. The molecule has 2 aromatic heterocycles. The Balaban J connectivity index is 1.82. The van der Waals surface area contributed by atoms with Crippen molar-refractivity contribution in [3.63, 3.8) is 0 Å². The van der Waals surface area contributed by atoms with E-state index in [0.717, 1.165) is 17.8 Å². The first kappa shape index (κ1) is 13.2. The summed E-state index contributed by atoms with van der Waals surface area (Å²) in [5.41, 5.74) is 0. The Morgan fingerprint density at radius 1 is 1.32 bits per heavy atom. The van der Waals surface area contributed by atoms with E-state index in [1.807, 2.05) is 5.38 Å². The highest BCUT2D eigenvalue weighted by atomic mass is 32.2. The number of thiophene rings is 1. The molecule has 0 aliphatic carbocycles. The third-order valence-corrected chi connectivity index (χ3v) is 7.45. The van der Waals surface area contributed by atoms with Crippen molar-refractivity contribution in [1.82, 2.24) is 9.29 Å². The minimum atomic E-state index is -3.31. The van der Waals surface area contributed by atoms with Crippen LogP contribution in [-0.4, -0.2) is 30.8 Å². The molecular weight excluding hydrogens is 300 g/mol. The molecule has 1 atom stereocenters. The molecule has 0 saturated carbocycles. The third kappa shape index (κ3) is 2.60. The normalized spacial score (nSPS) is 21.6. The smallest absolute Gasteiger partial charge is 0.249 e. The van der Waals surface area contributed by atoms with E-state index < -0.39 is 10.0 Å². The van der Waals surface area contributed by atoms with Crippen molar-refractivity contribution < 1.29 is 8.42 Å². The van der Waals surface area contributed by atoms with Crippen LogP contribution < -0.4 is 0 Å². The van der Waals surface area contributed by atoms with Crippen molar-refractivity contribution in [3.8, 4) is 0 Å². The molecule has 2 aromatic rings. The fraction of sp³-hybridized carbons (Fsp3) is 0.417. The van der Waals surface area contributed by atoms with E-state index in [-0.39, 0.29) is 5.92 Å². The largest absolute Gasteiger partial charge is 0.252 e. The van der Waals surface area contributed by atoms with E-state index in [4.69, 9.17) is 0 Å². The van der Waals surface area contributed by atoms with Gasteiger partial charge in [0.15, 0.2) is 0 Å². The van der Waals surface area contributed by atoms with E-state index in [0.29, 0.717) is 17.3 Å². The first-order valence-electron chi connectivity index (χ1n) is 6.11. The van der Waals surface area contributed by atoms with Crippen molar-refractivity contribution in [2.75, 3.05) is 13.1 Å². The molecule has 0 radical (unpaired) electrons. The molecule has 4 nitrogen and oxygen atoms in total. The van der Waals surface area contributed by atoms with Gasteiger partial charge in [-0.05, 0) is 24.3 Å². The van der Waals surface area contributed by atoms with Gasteiger partial charge in [0.25, 0.3) is 10.0 Å².